The first-order valence-electron chi connectivity index (χ1n) is 4.80. The zero-order valence-electron chi connectivity index (χ0n) is 8.10. The van der Waals surface area contributed by atoms with Gasteiger partial charge in [0, 0.05) is 13.2 Å². The van der Waals surface area contributed by atoms with Crippen molar-refractivity contribution in [3.8, 4) is 0 Å². The van der Waals surface area contributed by atoms with Crippen molar-refractivity contribution in [1.29, 1.82) is 0 Å². The van der Waals surface area contributed by atoms with Crippen molar-refractivity contribution in [1.82, 2.24) is 4.98 Å². The van der Waals surface area contributed by atoms with Gasteiger partial charge in [-0.15, -0.1) is 0 Å². The Kier molecular flexibility index (Phi) is 3.17. The number of anilines is 1. The van der Waals surface area contributed by atoms with Gasteiger partial charge in [-0.25, -0.2) is 9.78 Å². The van der Waals surface area contributed by atoms with E-state index in [2.05, 4.69) is 10.3 Å². The highest BCUT2D eigenvalue weighted by atomic mass is 32.1. The van der Waals surface area contributed by atoms with Crippen molar-refractivity contribution < 1.29 is 14.6 Å². The smallest absolute Gasteiger partial charge is 0.347 e. The third-order valence-electron chi connectivity index (χ3n) is 2.22. The Bertz CT molecular complexity index is 347. The first-order valence-corrected chi connectivity index (χ1v) is 5.62. The lowest BCUT2D eigenvalue weighted by Crippen LogP contribution is -2.18. The van der Waals surface area contributed by atoms with Crippen LogP contribution in [0.15, 0.2) is 6.20 Å². The first-order chi connectivity index (χ1) is 7.25. The molecule has 1 fully saturated rings. The molecule has 1 aliphatic rings. The lowest BCUT2D eigenvalue weighted by Gasteiger charge is -2.08. The molecule has 0 spiro atoms. The largest absolute Gasteiger partial charge is 0.477 e. The molecule has 2 heterocycles. The van der Waals surface area contributed by atoms with E-state index in [0.29, 0.717) is 11.7 Å². The van der Waals surface area contributed by atoms with Crippen LogP contribution in [0.5, 0.6) is 0 Å². The van der Waals surface area contributed by atoms with Gasteiger partial charge in [0.25, 0.3) is 0 Å². The minimum absolute atomic E-state index is 0.238. The zero-order chi connectivity index (χ0) is 10.7. The van der Waals surface area contributed by atoms with Gasteiger partial charge in [-0.2, -0.15) is 0 Å². The maximum atomic E-state index is 10.6. The topological polar surface area (TPSA) is 71.5 Å². The van der Waals surface area contributed by atoms with Crippen molar-refractivity contribution in [2.24, 2.45) is 0 Å². The van der Waals surface area contributed by atoms with Crippen LogP contribution < -0.4 is 5.32 Å². The highest BCUT2D eigenvalue weighted by Gasteiger charge is 2.16. The number of aromatic nitrogens is 1. The summed E-state index contributed by atoms with van der Waals surface area (Å²) in [5.74, 6) is -0.933. The minimum atomic E-state index is -0.933. The molecule has 1 saturated heterocycles. The number of nitrogens with zero attached hydrogens (tertiary/aromatic N) is 1. The summed E-state index contributed by atoms with van der Waals surface area (Å²) in [6.45, 7) is 1.52. The van der Waals surface area contributed by atoms with Gasteiger partial charge in [-0.05, 0) is 12.8 Å². The third-order valence-corrected chi connectivity index (χ3v) is 3.16. The molecule has 0 saturated carbocycles. The quantitative estimate of drug-likeness (QED) is 0.815. The summed E-state index contributed by atoms with van der Waals surface area (Å²) in [6, 6.07) is 0. The van der Waals surface area contributed by atoms with Crippen molar-refractivity contribution in [3.63, 3.8) is 0 Å². The predicted octanol–water partition coefficient (Wildman–Crippen LogP) is 1.43. The molecule has 0 bridgehead atoms. The van der Waals surface area contributed by atoms with E-state index in [4.69, 9.17) is 9.84 Å². The van der Waals surface area contributed by atoms with E-state index in [1.807, 2.05) is 0 Å². The van der Waals surface area contributed by atoms with Crippen LogP contribution in [0.2, 0.25) is 0 Å². The average Bonchev–Trinajstić information content (AvgIpc) is 2.86. The summed E-state index contributed by atoms with van der Waals surface area (Å²) < 4.78 is 5.43. The normalized spacial score (nSPS) is 20.4. The third kappa shape index (κ3) is 2.66. The Hall–Kier alpha value is -1.14. The molecule has 1 atom stereocenters. The van der Waals surface area contributed by atoms with Crippen molar-refractivity contribution in [2.45, 2.75) is 18.9 Å². The Morgan fingerprint density at radius 3 is 3.27 bits per heavy atom. The molecule has 2 rings (SSSR count). The van der Waals surface area contributed by atoms with Gasteiger partial charge >= 0.3 is 5.97 Å². The minimum Gasteiger partial charge on any atom is -0.477 e. The summed E-state index contributed by atoms with van der Waals surface area (Å²) >= 11 is 1.15. The lowest BCUT2D eigenvalue weighted by molar-refractivity contribution is 0.0702. The van der Waals surface area contributed by atoms with Gasteiger partial charge in [0.05, 0.1) is 12.3 Å². The van der Waals surface area contributed by atoms with Crippen LogP contribution in [0.25, 0.3) is 0 Å². The van der Waals surface area contributed by atoms with Gasteiger partial charge in [0.1, 0.15) is 4.88 Å². The fourth-order valence-electron chi connectivity index (χ4n) is 1.46. The number of hydrogen-bond donors (Lipinski definition) is 2. The average molecular weight is 228 g/mol. The van der Waals surface area contributed by atoms with E-state index in [9.17, 15) is 4.79 Å². The van der Waals surface area contributed by atoms with Gasteiger partial charge in [-0.3, -0.25) is 0 Å². The van der Waals surface area contributed by atoms with Crippen molar-refractivity contribution in [2.75, 3.05) is 18.5 Å². The first kappa shape index (κ1) is 10.4. The van der Waals surface area contributed by atoms with Gasteiger partial charge in [-0.1, -0.05) is 11.3 Å². The molecule has 0 radical (unpaired) electrons. The molecule has 1 aromatic heterocycles. The number of carbonyl (C=O) groups is 1. The number of rotatable bonds is 4. The Morgan fingerprint density at radius 1 is 1.80 bits per heavy atom. The SMILES string of the molecule is O=C(O)c1cnc(NCC2CCCO2)s1. The molecule has 0 amide bonds. The van der Waals surface area contributed by atoms with Crippen LogP contribution in [-0.4, -0.2) is 35.3 Å². The highest BCUT2D eigenvalue weighted by molar-refractivity contribution is 7.17. The van der Waals surface area contributed by atoms with Crippen LogP contribution >= 0.6 is 11.3 Å². The zero-order valence-corrected chi connectivity index (χ0v) is 8.92. The molecule has 0 aliphatic carbocycles. The molecule has 2 N–H and O–H groups in total. The fourth-order valence-corrected chi connectivity index (χ4v) is 2.12. The van der Waals surface area contributed by atoms with Crippen LogP contribution in [0.4, 0.5) is 5.13 Å². The Labute approximate surface area is 91.1 Å². The summed E-state index contributed by atoms with van der Waals surface area (Å²) in [5.41, 5.74) is 0. The second-order valence-electron chi connectivity index (χ2n) is 3.35. The van der Waals surface area contributed by atoms with Gasteiger partial charge in [0.15, 0.2) is 5.13 Å². The molecule has 5 nitrogen and oxygen atoms in total. The number of nitrogens with one attached hydrogen (secondary N) is 1. The fraction of sp³-hybridized carbons (Fsp3) is 0.556. The molecule has 1 unspecified atom stereocenters. The molecular weight excluding hydrogens is 216 g/mol. The number of carboxylic acid groups (broad SMARTS) is 1. The summed E-state index contributed by atoms with van der Waals surface area (Å²) in [7, 11) is 0. The van der Waals surface area contributed by atoms with E-state index >= 15 is 0 Å². The van der Waals surface area contributed by atoms with E-state index in [1.165, 1.54) is 6.20 Å². The van der Waals surface area contributed by atoms with E-state index < -0.39 is 5.97 Å². The number of carboxylic acids is 1. The van der Waals surface area contributed by atoms with Crippen molar-refractivity contribution >= 4 is 22.4 Å². The Balaban J connectivity index is 1.84. The molecule has 0 aromatic carbocycles. The maximum Gasteiger partial charge on any atom is 0.347 e. The monoisotopic (exact) mass is 228 g/mol. The number of hydrogen-bond acceptors (Lipinski definition) is 5. The van der Waals surface area contributed by atoms with Crippen LogP contribution in [0.3, 0.4) is 0 Å². The standard InChI is InChI=1S/C9H12N2O3S/c12-8(13)7-5-11-9(15-7)10-4-6-2-1-3-14-6/h5-6H,1-4H2,(H,10,11)(H,12,13). The molecular formula is C9H12N2O3S. The van der Waals surface area contributed by atoms with Gasteiger partial charge in [0.2, 0.25) is 0 Å². The van der Waals surface area contributed by atoms with Crippen molar-refractivity contribution in [3.05, 3.63) is 11.1 Å². The highest BCUT2D eigenvalue weighted by Crippen LogP contribution is 2.19. The van der Waals surface area contributed by atoms with Crippen LogP contribution in [0, 0.1) is 0 Å². The molecule has 82 valence electrons. The number of ether oxygens (including phenoxy) is 1. The molecule has 1 aromatic rings. The number of thiazole rings is 1. The maximum absolute atomic E-state index is 10.6. The van der Waals surface area contributed by atoms with Crippen LogP contribution in [0.1, 0.15) is 22.5 Å². The predicted molar refractivity (Wildman–Crippen MR) is 56.5 cm³/mol. The van der Waals surface area contributed by atoms with Gasteiger partial charge < -0.3 is 15.2 Å². The molecule has 1 aliphatic heterocycles. The van der Waals surface area contributed by atoms with E-state index in [1.54, 1.807) is 0 Å². The molecule has 15 heavy (non-hydrogen) atoms. The summed E-state index contributed by atoms with van der Waals surface area (Å²) in [4.78, 5) is 14.8. The summed E-state index contributed by atoms with van der Waals surface area (Å²) in [5, 5.41) is 12.4. The van der Waals surface area contributed by atoms with Crippen LogP contribution in [-0.2, 0) is 4.74 Å². The second kappa shape index (κ2) is 4.59. The lowest BCUT2D eigenvalue weighted by atomic mass is 10.2. The number of aromatic carboxylic acids is 1. The molecule has 6 heteroatoms. The van der Waals surface area contributed by atoms with E-state index in [-0.39, 0.29) is 11.0 Å². The van der Waals surface area contributed by atoms with E-state index in [0.717, 1.165) is 30.8 Å². The Morgan fingerprint density at radius 2 is 2.67 bits per heavy atom. The second-order valence-corrected chi connectivity index (χ2v) is 4.38. The summed E-state index contributed by atoms with van der Waals surface area (Å²) in [6.07, 6.45) is 3.77.